The summed E-state index contributed by atoms with van der Waals surface area (Å²) in [6.07, 6.45) is 11.3. The summed E-state index contributed by atoms with van der Waals surface area (Å²) in [5.74, 6) is 0. The van der Waals surface area contributed by atoms with E-state index in [9.17, 15) is 0 Å². The molecule has 3 aromatic carbocycles. The standard InChI is InChI=1S/C24H19N2/c1-25-15-26(22-8-3-2-7-21(22)25)20-14-12-18-10-9-16-5-4-6-17-11-13-19(20)24(18)23(16)17/h2-5,7-12,14-15H,6,13H2,1H3/q+1. The highest BCUT2D eigenvalue weighted by molar-refractivity contribution is 6.04. The number of fused-ring (bicyclic) bond motifs is 1. The number of benzene rings is 3. The van der Waals surface area contributed by atoms with Crippen LogP contribution in [-0.4, -0.2) is 4.57 Å². The summed E-state index contributed by atoms with van der Waals surface area (Å²) in [5, 5.41) is 2.80. The van der Waals surface area contributed by atoms with Crippen LogP contribution in [0.1, 0.15) is 23.1 Å². The van der Waals surface area contributed by atoms with E-state index in [0.717, 1.165) is 12.8 Å². The molecule has 2 aliphatic carbocycles. The lowest BCUT2D eigenvalue weighted by atomic mass is 9.81. The van der Waals surface area contributed by atoms with Crippen LogP contribution in [-0.2, 0) is 13.5 Å². The molecule has 0 radical (unpaired) electrons. The van der Waals surface area contributed by atoms with Crippen molar-refractivity contribution >= 4 is 33.5 Å². The molecule has 0 atom stereocenters. The third-order valence-corrected chi connectivity index (χ3v) is 5.88. The number of aromatic nitrogens is 2. The maximum absolute atomic E-state index is 2.43. The first-order valence-corrected chi connectivity index (χ1v) is 9.22. The second-order valence-corrected chi connectivity index (χ2v) is 7.32. The minimum Gasteiger partial charge on any atom is -0.232 e. The number of para-hydroxylation sites is 2. The van der Waals surface area contributed by atoms with E-state index in [-0.39, 0.29) is 0 Å². The topological polar surface area (TPSA) is 8.81 Å². The second-order valence-electron chi connectivity index (χ2n) is 7.32. The maximum atomic E-state index is 2.43. The highest BCUT2D eigenvalue weighted by atomic mass is 15.1. The summed E-state index contributed by atoms with van der Waals surface area (Å²) in [7, 11) is 2.12. The number of hydrogen-bond donors (Lipinski definition) is 0. The molecule has 0 N–H and O–H groups in total. The molecule has 2 heteroatoms. The molecule has 2 nitrogen and oxygen atoms in total. The minimum atomic E-state index is 1.00. The van der Waals surface area contributed by atoms with Crippen LogP contribution in [0.4, 0.5) is 0 Å². The third kappa shape index (κ3) is 1.74. The predicted molar refractivity (Wildman–Crippen MR) is 107 cm³/mol. The molecule has 0 saturated carbocycles. The lowest BCUT2D eigenvalue weighted by Crippen LogP contribution is -2.25. The molecule has 124 valence electrons. The summed E-state index contributed by atoms with van der Waals surface area (Å²) in [5.41, 5.74) is 9.55. The first-order chi connectivity index (χ1) is 12.8. The van der Waals surface area contributed by atoms with Gasteiger partial charge < -0.3 is 0 Å². The molecule has 6 rings (SSSR count). The van der Waals surface area contributed by atoms with E-state index in [1.54, 1.807) is 0 Å². The Hall–Kier alpha value is -3.13. The van der Waals surface area contributed by atoms with E-state index in [4.69, 9.17) is 0 Å². The molecule has 0 fully saturated rings. The summed E-state index contributed by atoms with van der Waals surface area (Å²) < 4.78 is 4.56. The number of aryl methyl sites for hydroxylation is 1. The van der Waals surface area contributed by atoms with Crippen molar-refractivity contribution in [1.29, 1.82) is 0 Å². The fourth-order valence-corrected chi connectivity index (χ4v) is 4.69. The van der Waals surface area contributed by atoms with Crippen LogP contribution in [0.5, 0.6) is 0 Å². The Morgan fingerprint density at radius 1 is 0.962 bits per heavy atom. The van der Waals surface area contributed by atoms with Crippen molar-refractivity contribution in [2.75, 3.05) is 0 Å². The monoisotopic (exact) mass is 335 g/mol. The molecule has 0 bridgehead atoms. The molecule has 0 aliphatic heterocycles. The number of imidazole rings is 1. The number of allylic oxidation sites excluding steroid dienone is 3. The largest absolute Gasteiger partial charge is 0.249 e. The van der Waals surface area contributed by atoms with E-state index in [1.165, 1.54) is 49.8 Å². The Balaban J connectivity index is 1.74. The summed E-state index contributed by atoms with van der Waals surface area (Å²) >= 11 is 0. The van der Waals surface area contributed by atoms with Crippen molar-refractivity contribution < 1.29 is 4.57 Å². The molecule has 4 aromatic rings. The Morgan fingerprint density at radius 2 is 1.85 bits per heavy atom. The Kier molecular flexibility index (Phi) is 2.68. The number of rotatable bonds is 1. The summed E-state index contributed by atoms with van der Waals surface area (Å²) in [6.45, 7) is 0. The lowest BCUT2D eigenvalue weighted by molar-refractivity contribution is -0.645. The SMILES string of the molecule is C[n+]1cn(-c2ccc3ccc4c5c3c2CC=C5CC=C4)c2ccccc21. The Labute approximate surface area is 152 Å². The van der Waals surface area contributed by atoms with Crippen molar-refractivity contribution in [2.45, 2.75) is 12.8 Å². The van der Waals surface area contributed by atoms with Gasteiger partial charge in [-0.25, -0.2) is 4.57 Å². The van der Waals surface area contributed by atoms with Gasteiger partial charge in [-0.2, -0.15) is 4.57 Å². The molecule has 0 saturated heterocycles. The fraction of sp³-hybridized carbons (Fsp3) is 0.125. The van der Waals surface area contributed by atoms with Crippen LogP contribution < -0.4 is 4.57 Å². The van der Waals surface area contributed by atoms with Crippen LogP contribution in [0.25, 0.3) is 39.1 Å². The third-order valence-electron chi connectivity index (χ3n) is 5.88. The van der Waals surface area contributed by atoms with E-state index in [2.05, 4.69) is 89.3 Å². The number of nitrogens with zero attached hydrogens (tertiary/aromatic N) is 2. The molecule has 1 heterocycles. The van der Waals surface area contributed by atoms with Crippen LogP contribution in [0.15, 0.2) is 67.0 Å². The van der Waals surface area contributed by atoms with Gasteiger partial charge in [-0.3, -0.25) is 0 Å². The first kappa shape index (κ1) is 14.1. The van der Waals surface area contributed by atoms with Gasteiger partial charge in [0.25, 0.3) is 0 Å². The molecule has 0 spiro atoms. The van der Waals surface area contributed by atoms with Crippen LogP contribution in [0.2, 0.25) is 0 Å². The van der Waals surface area contributed by atoms with Crippen molar-refractivity contribution in [1.82, 2.24) is 4.57 Å². The van der Waals surface area contributed by atoms with E-state index >= 15 is 0 Å². The van der Waals surface area contributed by atoms with E-state index in [0.29, 0.717) is 0 Å². The molecule has 0 unspecified atom stereocenters. The van der Waals surface area contributed by atoms with Gasteiger partial charge in [-0.1, -0.05) is 48.6 Å². The zero-order valence-corrected chi connectivity index (χ0v) is 14.7. The quantitative estimate of drug-likeness (QED) is 0.435. The minimum absolute atomic E-state index is 1.00. The highest BCUT2D eigenvalue weighted by Gasteiger charge is 2.25. The summed E-state index contributed by atoms with van der Waals surface area (Å²) in [6, 6.07) is 17.7. The van der Waals surface area contributed by atoms with Crippen molar-refractivity contribution in [3.63, 3.8) is 0 Å². The average Bonchev–Trinajstić information content (AvgIpc) is 3.03. The summed E-state index contributed by atoms with van der Waals surface area (Å²) in [4.78, 5) is 0. The smallest absolute Gasteiger partial charge is 0.232 e. The molecular weight excluding hydrogens is 316 g/mol. The molecule has 2 aliphatic rings. The average molecular weight is 335 g/mol. The van der Waals surface area contributed by atoms with Crippen molar-refractivity contribution in [3.05, 3.63) is 83.7 Å². The normalized spacial score (nSPS) is 14.9. The Morgan fingerprint density at radius 3 is 2.81 bits per heavy atom. The Bertz CT molecular complexity index is 1280. The van der Waals surface area contributed by atoms with Crippen molar-refractivity contribution in [3.8, 4) is 5.69 Å². The van der Waals surface area contributed by atoms with E-state index in [1.807, 2.05) is 0 Å². The van der Waals surface area contributed by atoms with Crippen LogP contribution >= 0.6 is 0 Å². The van der Waals surface area contributed by atoms with Crippen LogP contribution in [0, 0.1) is 0 Å². The lowest BCUT2D eigenvalue weighted by Gasteiger charge is -2.24. The highest BCUT2D eigenvalue weighted by Crippen LogP contribution is 2.42. The van der Waals surface area contributed by atoms with Crippen molar-refractivity contribution in [2.24, 2.45) is 7.05 Å². The van der Waals surface area contributed by atoms with Gasteiger partial charge in [0.15, 0.2) is 11.0 Å². The number of hydrogen-bond acceptors (Lipinski definition) is 0. The van der Waals surface area contributed by atoms with Gasteiger partial charge in [-0.15, -0.1) is 0 Å². The maximum Gasteiger partial charge on any atom is 0.249 e. The van der Waals surface area contributed by atoms with Gasteiger partial charge in [-0.05, 0) is 58.5 Å². The van der Waals surface area contributed by atoms with Gasteiger partial charge in [0.1, 0.15) is 5.69 Å². The zero-order chi connectivity index (χ0) is 17.3. The zero-order valence-electron chi connectivity index (χ0n) is 14.7. The van der Waals surface area contributed by atoms with Gasteiger partial charge in [0.05, 0.1) is 7.05 Å². The molecule has 26 heavy (non-hydrogen) atoms. The van der Waals surface area contributed by atoms with E-state index < -0.39 is 0 Å². The first-order valence-electron chi connectivity index (χ1n) is 9.22. The second kappa shape index (κ2) is 4.95. The molecule has 0 amide bonds. The predicted octanol–water partition coefficient (Wildman–Crippen LogP) is 4.96. The van der Waals surface area contributed by atoms with Gasteiger partial charge >= 0.3 is 0 Å². The van der Waals surface area contributed by atoms with Gasteiger partial charge in [0.2, 0.25) is 6.33 Å². The fourth-order valence-electron chi connectivity index (χ4n) is 4.69. The van der Waals surface area contributed by atoms with Gasteiger partial charge in [0, 0.05) is 5.56 Å². The van der Waals surface area contributed by atoms with Crippen LogP contribution in [0.3, 0.4) is 0 Å². The molecular formula is C24H19N2+. The molecule has 1 aromatic heterocycles.